The molecule has 0 spiro atoms. The van der Waals surface area contributed by atoms with Crippen LogP contribution in [0.4, 0.5) is 11.4 Å². The fourth-order valence-electron chi connectivity index (χ4n) is 2.99. The van der Waals surface area contributed by atoms with Crippen LogP contribution in [0.1, 0.15) is 46.7 Å². The number of H-pyrrole nitrogens is 1. The number of fused-ring (bicyclic) bond motifs is 1. The van der Waals surface area contributed by atoms with Crippen molar-refractivity contribution in [3.8, 4) is 0 Å². The van der Waals surface area contributed by atoms with Crippen LogP contribution in [-0.2, 0) is 9.47 Å². The summed E-state index contributed by atoms with van der Waals surface area (Å²) in [5, 5.41) is 4.24. The second kappa shape index (κ2) is 9.19. The van der Waals surface area contributed by atoms with Crippen LogP contribution in [0.25, 0.3) is 10.9 Å². The molecule has 0 radical (unpaired) electrons. The Morgan fingerprint density at radius 3 is 2.31 bits per heavy atom. The number of anilines is 2. The monoisotopic (exact) mass is 393 g/mol. The predicted octanol–water partition coefficient (Wildman–Crippen LogP) is 4.45. The van der Waals surface area contributed by atoms with Crippen molar-refractivity contribution in [1.29, 1.82) is 0 Å². The lowest BCUT2D eigenvalue weighted by atomic mass is 10.1. The lowest BCUT2D eigenvalue weighted by Crippen LogP contribution is -2.11. The molecule has 0 saturated carbocycles. The molecule has 3 aromatic rings. The summed E-state index contributed by atoms with van der Waals surface area (Å²) in [4.78, 5) is 27.4. The Morgan fingerprint density at radius 2 is 1.62 bits per heavy atom. The van der Waals surface area contributed by atoms with E-state index in [2.05, 4.69) is 10.3 Å². The maximum atomic E-state index is 12.1. The maximum Gasteiger partial charge on any atom is 0.338 e. The summed E-state index contributed by atoms with van der Waals surface area (Å²) in [5.41, 5.74) is 4.56. The average Bonchev–Trinajstić information content (AvgIpc) is 2.72. The van der Waals surface area contributed by atoms with E-state index < -0.39 is 0 Å². The Balaban J connectivity index is 1.89. The van der Waals surface area contributed by atoms with Crippen molar-refractivity contribution in [2.45, 2.75) is 27.2 Å². The number of carbonyl (C=O) groups is 2. The van der Waals surface area contributed by atoms with Crippen molar-refractivity contribution in [2.75, 3.05) is 18.5 Å². The largest absolute Gasteiger partial charge is 0.462 e. The second-order valence-corrected chi connectivity index (χ2v) is 6.69. The van der Waals surface area contributed by atoms with Gasteiger partial charge in [0.15, 0.2) is 5.69 Å². The first-order chi connectivity index (χ1) is 14.0. The van der Waals surface area contributed by atoms with E-state index in [9.17, 15) is 9.59 Å². The predicted molar refractivity (Wildman–Crippen MR) is 111 cm³/mol. The van der Waals surface area contributed by atoms with E-state index in [1.807, 2.05) is 44.2 Å². The molecule has 6 heteroatoms. The first kappa shape index (κ1) is 20.3. The third kappa shape index (κ3) is 4.90. The van der Waals surface area contributed by atoms with Crippen molar-refractivity contribution in [3.05, 3.63) is 65.4 Å². The van der Waals surface area contributed by atoms with E-state index in [1.54, 1.807) is 25.1 Å². The summed E-state index contributed by atoms with van der Waals surface area (Å²) in [5.74, 6) is -0.677. The number of aromatic nitrogens is 1. The molecular weight excluding hydrogens is 368 g/mol. The van der Waals surface area contributed by atoms with Crippen LogP contribution in [0.15, 0.2) is 48.5 Å². The Bertz CT molecular complexity index is 1030. The number of rotatable bonds is 7. The minimum atomic E-state index is -0.351. The molecule has 1 aromatic heterocycles. The average molecular weight is 393 g/mol. The van der Waals surface area contributed by atoms with E-state index in [0.717, 1.165) is 34.4 Å². The van der Waals surface area contributed by atoms with Crippen LogP contribution in [0.2, 0.25) is 0 Å². The highest BCUT2D eigenvalue weighted by Crippen LogP contribution is 2.26. The van der Waals surface area contributed by atoms with Gasteiger partial charge in [-0.3, -0.25) is 0 Å². The van der Waals surface area contributed by atoms with Gasteiger partial charge in [0.2, 0.25) is 5.52 Å². The molecule has 29 heavy (non-hydrogen) atoms. The number of esters is 2. The summed E-state index contributed by atoms with van der Waals surface area (Å²) < 4.78 is 10.3. The Kier molecular flexibility index (Phi) is 6.44. The summed E-state index contributed by atoms with van der Waals surface area (Å²) in [6, 6.07) is 14.5. The molecule has 0 atom stereocenters. The van der Waals surface area contributed by atoms with Gasteiger partial charge in [-0.1, -0.05) is 6.92 Å². The molecule has 0 aliphatic carbocycles. The number of aryl methyl sites for hydroxylation is 1. The zero-order valence-electron chi connectivity index (χ0n) is 16.9. The van der Waals surface area contributed by atoms with Crippen LogP contribution in [0.5, 0.6) is 0 Å². The first-order valence-electron chi connectivity index (χ1n) is 9.69. The maximum absolute atomic E-state index is 12.1. The van der Waals surface area contributed by atoms with Gasteiger partial charge in [0.25, 0.3) is 0 Å². The lowest BCUT2D eigenvalue weighted by Gasteiger charge is -2.10. The number of aromatic amines is 1. The van der Waals surface area contributed by atoms with Gasteiger partial charge in [-0.25, -0.2) is 14.6 Å². The molecule has 0 unspecified atom stereocenters. The highest BCUT2D eigenvalue weighted by Gasteiger charge is 2.14. The van der Waals surface area contributed by atoms with Crippen LogP contribution in [0, 0.1) is 6.92 Å². The summed E-state index contributed by atoms with van der Waals surface area (Å²) in [7, 11) is 0. The van der Waals surface area contributed by atoms with Crippen molar-refractivity contribution >= 4 is 34.2 Å². The van der Waals surface area contributed by atoms with E-state index in [-0.39, 0.29) is 11.9 Å². The molecule has 1 heterocycles. The Morgan fingerprint density at radius 1 is 0.931 bits per heavy atom. The molecule has 0 aliphatic rings. The summed E-state index contributed by atoms with van der Waals surface area (Å²) >= 11 is 0. The number of pyridine rings is 1. The molecule has 2 aromatic carbocycles. The summed E-state index contributed by atoms with van der Waals surface area (Å²) in [6.07, 6.45) is 0.788. The molecule has 150 valence electrons. The van der Waals surface area contributed by atoms with Crippen molar-refractivity contribution in [1.82, 2.24) is 0 Å². The standard InChI is InChI=1S/C23H24N2O4/c1-4-12-29-22(26)16-6-9-18(10-7-16)25-21-13-15(3)24-20-11-8-17(14-19(20)21)23(27)28-5-2/h6-11,13-14H,4-5,12H2,1-3H3,(H,24,25)/p+1. The van der Waals surface area contributed by atoms with Crippen LogP contribution < -0.4 is 10.3 Å². The van der Waals surface area contributed by atoms with Gasteiger partial charge in [0, 0.05) is 24.7 Å². The highest BCUT2D eigenvalue weighted by atomic mass is 16.5. The lowest BCUT2D eigenvalue weighted by molar-refractivity contribution is -0.354. The third-order valence-corrected chi connectivity index (χ3v) is 4.35. The normalized spacial score (nSPS) is 10.6. The van der Waals surface area contributed by atoms with Crippen molar-refractivity contribution in [3.63, 3.8) is 0 Å². The first-order valence-corrected chi connectivity index (χ1v) is 9.69. The molecule has 2 N–H and O–H groups in total. The molecule has 0 saturated heterocycles. The fraction of sp³-hybridized carbons (Fsp3) is 0.261. The number of hydrogen-bond donors (Lipinski definition) is 1. The zero-order valence-corrected chi connectivity index (χ0v) is 16.9. The van der Waals surface area contributed by atoms with Crippen LogP contribution in [0.3, 0.4) is 0 Å². The Labute approximate surface area is 169 Å². The minimum absolute atomic E-state index is 0.326. The van der Waals surface area contributed by atoms with Gasteiger partial charge < -0.3 is 14.8 Å². The number of hydrogen-bond acceptors (Lipinski definition) is 5. The van der Waals surface area contributed by atoms with Gasteiger partial charge in [-0.05, 0) is 49.7 Å². The van der Waals surface area contributed by atoms with Gasteiger partial charge >= 0.3 is 11.9 Å². The fourth-order valence-corrected chi connectivity index (χ4v) is 2.99. The van der Waals surface area contributed by atoms with E-state index in [0.29, 0.717) is 24.3 Å². The van der Waals surface area contributed by atoms with E-state index in [1.165, 1.54) is 0 Å². The number of carbonyl (C=O) groups excluding carboxylic acids is 2. The quantitative estimate of drug-likeness (QED) is 0.600. The molecular formula is C23H25N2O4+. The molecule has 0 bridgehead atoms. The Hall–Kier alpha value is -3.41. The number of benzene rings is 2. The van der Waals surface area contributed by atoms with Gasteiger partial charge in [0.1, 0.15) is 0 Å². The van der Waals surface area contributed by atoms with Crippen molar-refractivity contribution < 1.29 is 24.0 Å². The number of nitrogens with one attached hydrogen (secondary N) is 2. The van der Waals surface area contributed by atoms with Gasteiger partial charge in [-0.15, -0.1) is 0 Å². The summed E-state index contributed by atoms with van der Waals surface area (Å²) in [6.45, 7) is 6.45. The third-order valence-electron chi connectivity index (χ3n) is 4.35. The number of ether oxygens (including phenoxy) is 2. The zero-order chi connectivity index (χ0) is 20.8. The topological polar surface area (TPSA) is 78.8 Å². The molecule has 6 nitrogen and oxygen atoms in total. The molecule has 3 rings (SSSR count). The van der Waals surface area contributed by atoms with Gasteiger partial charge in [0.05, 0.1) is 35.4 Å². The van der Waals surface area contributed by atoms with Crippen LogP contribution in [-0.4, -0.2) is 25.2 Å². The highest BCUT2D eigenvalue weighted by molar-refractivity contribution is 5.98. The molecule has 0 amide bonds. The molecule has 0 fully saturated rings. The SMILES string of the molecule is CCCOC(=O)c1ccc(Nc2cc(C)[nH+]c3ccc(C(=O)OCC)cc23)cc1. The smallest absolute Gasteiger partial charge is 0.338 e. The molecule has 0 aliphatic heterocycles. The second-order valence-electron chi connectivity index (χ2n) is 6.69. The minimum Gasteiger partial charge on any atom is -0.462 e. The van der Waals surface area contributed by atoms with E-state index >= 15 is 0 Å². The van der Waals surface area contributed by atoms with Crippen LogP contribution >= 0.6 is 0 Å². The van der Waals surface area contributed by atoms with E-state index in [4.69, 9.17) is 9.47 Å². The van der Waals surface area contributed by atoms with Gasteiger partial charge in [-0.2, -0.15) is 0 Å². The van der Waals surface area contributed by atoms with Crippen molar-refractivity contribution in [2.24, 2.45) is 0 Å².